The van der Waals surface area contributed by atoms with Crippen molar-refractivity contribution in [1.82, 2.24) is 14.8 Å². The van der Waals surface area contributed by atoms with E-state index in [1.807, 2.05) is 18.2 Å². The maximum atomic E-state index is 12.7. The van der Waals surface area contributed by atoms with Crippen LogP contribution in [0.15, 0.2) is 23.4 Å². The Balaban J connectivity index is 1.99. The highest BCUT2D eigenvalue weighted by atomic mass is 32.2. The molecule has 0 fully saturated rings. The fraction of sp³-hybridized carbons (Fsp3) is 0.429. The van der Waals surface area contributed by atoms with Crippen molar-refractivity contribution < 1.29 is 13.2 Å². The normalized spacial score (nSPS) is 14.8. The van der Waals surface area contributed by atoms with Crippen LogP contribution in [0.1, 0.15) is 23.6 Å². The van der Waals surface area contributed by atoms with E-state index in [-0.39, 0.29) is 16.9 Å². The molecule has 0 aliphatic carbocycles. The van der Waals surface area contributed by atoms with Crippen LogP contribution in [-0.2, 0) is 39.9 Å². The highest BCUT2D eigenvalue weighted by Gasteiger charge is 2.26. The Morgan fingerprint density at radius 1 is 1.36 bits per heavy atom. The summed E-state index contributed by atoms with van der Waals surface area (Å²) >= 11 is 0. The van der Waals surface area contributed by atoms with Crippen molar-refractivity contribution in [2.45, 2.75) is 37.4 Å². The van der Waals surface area contributed by atoms with E-state index in [9.17, 15) is 8.42 Å². The molecule has 0 unspecified atom stereocenters. The molecule has 1 aliphatic heterocycles. The van der Waals surface area contributed by atoms with Crippen LogP contribution in [0.5, 0.6) is 0 Å². The monoisotopic (exact) mass is 322 g/mol. The van der Waals surface area contributed by atoms with Crippen molar-refractivity contribution in [3.8, 4) is 0 Å². The largest absolute Gasteiger partial charge is 0.376 e. The molecule has 2 heterocycles. The van der Waals surface area contributed by atoms with E-state index in [1.165, 1.54) is 4.57 Å². The quantitative estimate of drug-likeness (QED) is 0.898. The number of anilines is 1. The Kier molecular flexibility index (Phi) is 3.88. The number of nitrogen functional groups attached to an aromatic ring is 1. The van der Waals surface area contributed by atoms with Gasteiger partial charge in [0.05, 0.1) is 19.0 Å². The first-order chi connectivity index (χ1) is 10.5. The highest BCUT2D eigenvalue weighted by molar-refractivity contribution is 7.90. The number of ether oxygens (including phenoxy) is 1. The minimum absolute atomic E-state index is 0.0721. The van der Waals surface area contributed by atoms with Crippen LogP contribution in [0.25, 0.3) is 0 Å². The van der Waals surface area contributed by atoms with Crippen LogP contribution >= 0.6 is 0 Å². The number of benzene rings is 1. The number of rotatable bonds is 4. The summed E-state index contributed by atoms with van der Waals surface area (Å²) in [6.07, 6.45) is 0.726. The van der Waals surface area contributed by atoms with E-state index in [0.717, 1.165) is 23.1 Å². The average Bonchev–Trinajstić information content (AvgIpc) is 2.89. The molecule has 7 nitrogen and oxygen atoms in total. The zero-order valence-electron chi connectivity index (χ0n) is 12.3. The van der Waals surface area contributed by atoms with Gasteiger partial charge in [0.15, 0.2) is 0 Å². The number of hydrogen-bond donors (Lipinski definition) is 1. The molecule has 1 aromatic carbocycles. The molecule has 0 amide bonds. The molecule has 0 saturated heterocycles. The maximum Gasteiger partial charge on any atom is 0.251 e. The number of hydrogen-bond acceptors (Lipinski definition) is 6. The second kappa shape index (κ2) is 5.69. The third kappa shape index (κ3) is 2.59. The Labute approximate surface area is 129 Å². The zero-order valence-corrected chi connectivity index (χ0v) is 13.1. The summed E-state index contributed by atoms with van der Waals surface area (Å²) in [5, 5.41) is 7.34. The summed E-state index contributed by atoms with van der Waals surface area (Å²) in [5.41, 5.74) is 8.57. The van der Waals surface area contributed by atoms with Crippen LogP contribution in [0.3, 0.4) is 0 Å². The fourth-order valence-electron chi connectivity index (χ4n) is 2.73. The number of nitrogens with two attached hydrogens (primary N) is 1. The lowest BCUT2D eigenvalue weighted by atomic mass is 9.98. The molecule has 0 saturated carbocycles. The van der Waals surface area contributed by atoms with E-state index >= 15 is 0 Å². The summed E-state index contributed by atoms with van der Waals surface area (Å²) in [5.74, 6) is 0.0125. The topological polar surface area (TPSA) is 100 Å². The molecule has 0 atom stereocenters. The summed E-state index contributed by atoms with van der Waals surface area (Å²) in [6.45, 7) is 3.36. The Morgan fingerprint density at radius 2 is 2.18 bits per heavy atom. The summed E-state index contributed by atoms with van der Waals surface area (Å²) in [4.78, 5) is 0. The maximum absolute atomic E-state index is 12.7. The van der Waals surface area contributed by atoms with E-state index in [0.29, 0.717) is 19.8 Å². The van der Waals surface area contributed by atoms with Gasteiger partial charge in [-0.15, -0.1) is 10.2 Å². The second-order valence-electron chi connectivity index (χ2n) is 5.20. The minimum atomic E-state index is -3.60. The highest BCUT2D eigenvalue weighted by Crippen LogP contribution is 2.24. The number of nitrogens with zero attached hydrogens (tertiary/aromatic N) is 3. The molecule has 1 aliphatic rings. The molecule has 118 valence electrons. The van der Waals surface area contributed by atoms with E-state index < -0.39 is 9.84 Å². The minimum Gasteiger partial charge on any atom is -0.376 e. The van der Waals surface area contributed by atoms with Gasteiger partial charge in [-0.25, -0.2) is 8.42 Å². The van der Waals surface area contributed by atoms with Gasteiger partial charge in [0.1, 0.15) is 0 Å². The Morgan fingerprint density at radius 3 is 2.95 bits per heavy atom. The molecular formula is C14H18N4O3S. The van der Waals surface area contributed by atoms with Crippen LogP contribution in [0, 0.1) is 0 Å². The summed E-state index contributed by atoms with van der Waals surface area (Å²) in [6, 6.07) is 5.67. The first kappa shape index (κ1) is 15.0. The second-order valence-corrected chi connectivity index (χ2v) is 7.08. The molecule has 2 aromatic rings. The van der Waals surface area contributed by atoms with Crippen LogP contribution in [-0.4, -0.2) is 29.8 Å². The first-order valence-corrected chi connectivity index (χ1v) is 8.77. The van der Waals surface area contributed by atoms with Crippen LogP contribution in [0.2, 0.25) is 0 Å². The predicted octanol–water partition coefficient (Wildman–Crippen LogP) is 0.927. The molecule has 0 radical (unpaired) electrons. The molecular weight excluding hydrogens is 304 g/mol. The van der Waals surface area contributed by atoms with E-state index in [4.69, 9.17) is 10.5 Å². The third-order valence-electron chi connectivity index (χ3n) is 3.81. The van der Waals surface area contributed by atoms with Gasteiger partial charge >= 0.3 is 0 Å². The molecule has 0 bridgehead atoms. The molecule has 1 aromatic heterocycles. The van der Waals surface area contributed by atoms with Gasteiger partial charge in [0, 0.05) is 6.54 Å². The van der Waals surface area contributed by atoms with Gasteiger partial charge in [-0.3, -0.25) is 4.57 Å². The lowest BCUT2D eigenvalue weighted by molar-refractivity contribution is 0.110. The van der Waals surface area contributed by atoms with Gasteiger partial charge in [-0.2, -0.15) is 0 Å². The fourth-order valence-corrected chi connectivity index (χ4v) is 4.26. The third-order valence-corrected chi connectivity index (χ3v) is 5.36. The van der Waals surface area contributed by atoms with Crippen molar-refractivity contribution >= 4 is 15.8 Å². The van der Waals surface area contributed by atoms with Crippen LogP contribution < -0.4 is 5.73 Å². The van der Waals surface area contributed by atoms with Crippen molar-refractivity contribution in [2.24, 2.45) is 0 Å². The predicted molar refractivity (Wildman–Crippen MR) is 80.8 cm³/mol. The van der Waals surface area contributed by atoms with Crippen molar-refractivity contribution in [1.29, 1.82) is 0 Å². The number of sulfone groups is 1. The number of aromatic nitrogens is 3. The average molecular weight is 322 g/mol. The Bertz CT molecular complexity index is 798. The van der Waals surface area contributed by atoms with E-state index in [1.54, 1.807) is 6.92 Å². The standard InChI is InChI=1S/C14H18N4O3S/c1-2-18-13(15)16-17-14(18)22(19,20)9-11-5-3-4-10-8-21-7-6-12(10)11/h3-5H,2,6-9H2,1H3,(H2,15,16). The summed E-state index contributed by atoms with van der Waals surface area (Å²) < 4.78 is 32.2. The molecule has 8 heteroatoms. The van der Waals surface area contributed by atoms with Gasteiger partial charge in [0.2, 0.25) is 15.8 Å². The van der Waals surface area contributed by atoms with Gasteiger partial charge in [0.25, 0.3) is 5.16 Å². The SMILES string of the molecule is CCn1c(N)nnc1S(=O)(=O)Cc1cccc2c1CCOC2. The molecule has 3 rings (SSSR count). The lowest BCUT2D eigenvalue weighted by Gasteiger charge is -2.19. The first-order valence-electron chi connectivity index (χ1n) is 7.11. The molecule has 22 heavy (non-hydrogen) atoms. The van der Waals surface area contributed by atoms with Crippen molar-refractivity contribution in [3.63, 3.8) is 0 Å². The van der Waals surface area contributed by atoms with Crippen molar-refractivity contribution in [3.05, 3.63) is 34.9 Å². The van der Waals surface area contributed by atoms with Crippen molar-refractivity contribution in [2.75, 3.05) is 12.3 Å². The van der Waals surface area contributed by atoms with E-state index in [2.05, 4.69) is 10.2 Å². The zero-order chi connectivity index (χ0) is 15.7. The van der Waals surface area contributed by atoms with Gasteiger partial charge < -0.3 is 10.5 Å². The lowest BCUT2D eigenvalue weighted by Crippen LogP contribution is -2.17. The molecule has 2 N–H and O–H groups in total. The van der Waals surface area contributed by atoms with Gasteiger partial charge in [-0.05, 0) is 30.0 Å². The molecule has 0 spiro atoms. The smallest absolute Gasteiger partial charge is 0.251 e. The number of fused-ring (bicyclic) bond motifs is 1. The van der Waals surface area contributed by atoms with Gasteiger partial charge in [-0.1, -0.05) is 18.2 Å². The Hall–Kier alpha value is -1.93. The van der Waals surface area contributed by atoms with Crippen LogP contribution in [0.4, 0.5) is 5.95 Å². The summed E-state index contributed by atoms with van der Waals surface area (Å²) in [7, 11) is -3.60.